The van der Waals surface area contributed by atoms with Gasteiger partial charge in [-0.15, -0.1) is 0 Å². The summed E-state index contributed by atoms with van der Waals surface area (Å²) in [6.45, 7) is 6.19. The molecule has 1 heterocycles. The number of allylic oxidation sites excluding steroid dienone is 1. The summed E-state index contributed by atoms with van der Waals surface area (Å²) in [4.78, 5) is 15.9. The van der Waals surface area contributed by atoms with E-state index in [1.165, 1.54) is 23.7 Å². The molecule has 0 bridgehead atoms. The van der Waals surface area contributed by atoms with Crippen LogP contribution in [-0.4, -0.2) is 30.9 Å². The van der Waals surface area contributed by atoms with Crippen LogP contribution in [0.5, 0.6) is 5.75 Å². The van der Waals surface area contributed by atoms with Crippen LogP contribution in [0.1, 0.15) is 22.5 Å². The van der Waals surface area contributed by atoms with Crippen molar-refractivity contribution in [2.24, 2.45) is 11.6 Å². The zero-order chi connectivity index (χ0) is 21.1. The van der Waals surface area contributed by atoms with Crippen LogP contribution < -0.4 is 21.7 Å². The fourth-order valence-electron chi connectivity index (χ4n) is 2.90. The number of nitrogens with one attached hydrogen (secondary N) is 2. The zero-order valence-corrected chi connectivity index (χ0v) is 16.9. The topological polar surface area (TPSA) is 119 Å². The van der Waals surface area contributed by atoms with Crippen molar-refractivity contribution in [2.45, 2.75) is 20.3 Å². The minimum atomic E-state index is 0.738. The number of aryl methyl sites for hydroxylation is 2. The van der Waals surface area contributed by atoms with E-state index in [0.717, 1.165) is 34.7 Å². The predicted octanol–water partition coefficient (Wildman–Crippen LogP) is 2.63. The van der Waals surface area contributed by atoms with Gasteiger partial charge in [-0.1, -0.05) is 18.2 Å². The van der Waals surface area contributed by atoms with E-state index in [1.807, 2.05) is 43.2 Å². The number of imidazole rings is 1. The Labute approximate surface area is 165 Å². The molecule has 150 valence electrons. The van der Waals surface area contributed by atoms with Crippen LogP contribution in [-0.2, 0) is 11.2 Å². The van der Waals surface area contributed by atoms with Crippen molar-refractivity contribution in [3.63, 3.8) is 0 Å². The van der Waals surface area contributed by atoms with Crippen molar-refractivity contribution < 1.29 is 9.53 Å². The third-order valence-corrected chi connectivity index (χ3v) is 4.22. The Morgan fingerprint density at radius 2 is 1.82 bits per heavy atom. The Kier molecular flexibility index (Phi) is 9.42. The van der Waals surface area contributed by atoms with E-state index in [9.17, 15) is 0 Å². The Morgan fingerprint density at radius 1 is 1.21 bits per heavy atom. The van der Waals surface area contributed by atoms with Gasteiger partial charge in [0, 0.05) is 0 Å². The smallest absolute Gasteiger partial charge is 0.155 e. The van der Waals surface area contributed by atoms with Gasteiger partial charge in [0.2, 0.25) is 0 Å². The van der Waals surface area contributed by atoms with E-state index in [2.05, 4.69) is 41.1 Å². The van der Waals surface area contributed by atoms with Gasteiger partial charge in [0.15, 0.2) is 5.82 Å². The molecule has 3 rings (SSSR count). The van der Waals surface area contributed by atoms with Crippen molar-refractivity contribution in [1.82, 2.24) is 15.4 Å². The van der Waals surface area contributed by atoms with Gasteiger partial charge < -0.3 is 25.7 Å². The van der Waals surface area contributed by atoms with Crippen LogP contribution in [0.25, 0.3) is 16.7 Å². The van der Waals surface area contributed by atoms with Crippen LogP contribution in [0.3, 0.4) is 0 Å². The highest BCUT2D eigenvalue weighted by Gasteiger charge is 2.09. The third kappa shape index (κ3) is 5.42. The number of fused-ring (bicyclic) bond motifs is 1. The molecule has 7 nitrogen and oxygen atoms in total. The molecule has 6 N–H and O–H groups in total. The normalized spacial score (nSPS) is 10.4. The first-order valence-corrected chi connectivity index (χ1v) is 8.75. The molecule has 2 aromatic carbocycles. The first kappa shape index (κ1) is 22.9. The van der Waals surface area contributed by atoms with Gasteiger partial charge in [-0.05, 0) is 68.3 Å². The lowest BCUT2D eigenvalue weighted by molar-refractivity contribution is -0.0979. The highest BCUT2D eigenvalue weighted by Crippen LogP contribution is 2.23. The van der Waals surface area contributed by atoms with Crippen molar-refractivity contribution in [3.05, 3.63) is 65.0 Å². The number of hydrazine groups is 1. The molecule has 0 amide bonds. The van der Waals surface area contributed by atoms with Gasteiger partial charge in [0.05, 0.1) is 23.8 Å². The molecular weight excluding hydrogens is 354 g/mol. The number of hydrogen-bond acceptors (Lipinski definition) is 6. The van der Waals surface area contributed by atoms with Crippen LogP contribution in [0.2, 0.25) is 0 Å². The van der Waals surface area contributed by atoms with E-state index in [4.69, 9.17) is 15.4 Å². The van der Waals surface area contributed by atoms with Gasteiger partial charge >= 0.3 is 0 Å². The number of para-hydroxylation sites is 2. The second kappa shape index (κ2) is 11.5. The molecule has 0 aliphatic rings. The highest BCUT2D eigenvalue weighted by atomic mass is 16.5. The quantitative estimate of drug-likeness (QED) is 0.397. The number of benzene rings is 2. The van der Waals surface area contributed by atoms with Crippen LogP contribution in [0.4, 0.5) is 0 Å². The van der Waals surface area contributed by atoms with Crippen molar-refractivity contribution in [2.75, 3.05) is 14.2 Å². The molecule has 0 aliphatic carbocycles. The molecule has 0 unspecified atom stereocenters. The highest BCUT2D eigenvalue weighted by molar-refractivity contribution is 5.78. The van der Waals surface area contributed by atoms with Crippen LogP contribution in [0.15, 0.2) is 42.5 Å². The molecule has 0 aliphatic heterocycles. The second-order valence-electron chi connectivity index (χ2n) is 5.81. The van der Waals surface area contributed by atoms with Crippen LogP contribution in [0, 0.1) is 13.8 Å². The number of ether oxygens (including phenoxy) is 1. The Hall–Kier alpha value is -3.16. The number of nitrogens with zero attached hydrogens (tertiary/aromatic N) is 1. The largest absolute Gasteiger partial charge is 0.497 e. The molecular formula is C21H29N5O2. The summed E-state index contributed by atoms with van der Waals surface area (Å²) in [6, 6.07) is 12.0. The molecule has 0 radical (unpaired) electrons. The predicted molar refractivity (Wildman–Crippen MR) is 115 cm³/mol. The third-order valence-electron chi connectivity index (χ3n) is 4.22. The van der Waals surface area contributed by atoms with E-state index in [-0.39, 0.29) is 0 Å². The van der Waals surface area contributed by atoms with Gasteiger partial charge in [-0.25, -0.2) is 4.98 Å². The summed E-state index contributed by atoms with van der Waals surface area (Å²) < 4.78 is 5.32. The number of aromatic nitrogens is 2. The minimum absolute atomic E-state index is 0.738. The molecule has 0 fully saturated rings. The number of hydrogen-bond donors (Lipinski definition) is 4. The zero-order valence-electron chi connectivity index (χ0n) is 16.9. The fourth-order valence-corrected chi connectivity index (χ4v) is 2.90. The van der Waals surface area contributed by atoms with Crippen molar-refractivity contribution in [3.8, 4) is 5.75 Å². The van der Waals surface area contributed by atoms with E-state index in [0.29, 0.717) is 0 Å². The molecule has 28 heavy (non-hydrogen) atoms. The lowest BCUT2D eigenvalue weighted by Crippen LogP contribution is -2.21. The fraction of sp³-hybridized carbons (Fsp3) is 0.238. The van der Waals surface area contributed by atoms with Gasteiger partial charge in [-0.2, -0.15) is 0 Å². The minimum Gasteiger partial charge on any atom is -0.497 e. The van der Waals surface area contributed by atoms with Gasteiger partial charge in [0.1, 0.15) is 12.5 Å². The number of aromatic amines is 1. The van der Waals surface area contributed by atoms with E-state index < -0.39 is 0 Å². The Balaban J connectivity index is 0.000000921. The number of nitrogens with two attached hydrogens (primary N) is 2. The van der Waals surface area contributed by atoms with Crippen LogP contribution >= 0.6 is 0 Å². The average molecular weight is 383 g/mol. The van der Waals surface area contributed by atoms with E-state index >= 15 is 0 Å². The average Bonchev–Trinajstić information content (AvgIpc) is 3.17. The first-order valence-electron chi connectivity index (χ1n) is 8.75. The lowest BCUT2D eigenvalue weighted by atomic mass is 9.99. The number of rotatable bonds is 5. The molecule has 3 aromatic rings. The number of H-pyrrole nitrogens is 1. The molecule has 0 saturated heterocycles. The lowest BCUT2D eigenvalue weighted by Gasteiger charge is -2.11. The van der Waals surface area contributed by atoms with Gasteiger partial charge in [-0.3, -0.25) is 5.84 Å². The van der Waals surface area contributed by atoms with Gasteiger partial charge in [0.25, 0.3) is 0 Å². The number of carbonyl (C=O) groups is 1. The monoisotopic (exact) mass is 383 g/mol. The maximum Gasteiger partial charge on any atom is 0.155 e. The molecule has 0 atom stereocenters. The first-order chi connectivity index (χ1) is 13.6. The second-order valence-corrected chi connectivity index (χ2v) is 5.81. The maximum absolute atomic E-state index is 8.00. The molecule has 1 aromatic heterocycles. The maximum atomic E-state index is 8.00. The molecule has 7 heteroatoms. The Bertz CT molecular complexity index is 862. The summed E-state index contributed by atoms with van der Waals surface area (Å²) in [5.41, 5.74) is 13.6. The summed E-state index contributed by atoms with van der Waals surface area (Å²) in [5, 5.41) is 0. The van der Waals surface area contributed by atoms with Crippen molar-refractivity contribution >= 4 is 23.5 Å². The van der Waals surface area contributed by atoms with Crippen molar-refractivity contribution in [1.29, 1.82) is 0 Å². The number of methoxy groups -OCH3 is 1. The molecule has 0 saturated carbocycles. The standard InChI is InChI=1S/C19H22N4O.CH5N.CH2O/c1-12-10-14(24-3)11-13(2)15(12)8-9-18(23-20)19-21-16-6-4-5-7-17(16)22-19;2*1-2/h4-7,9-11,23H,8,20H2,1-3H3,(H,21,22);2H2,1H3;1H2/b18-9-;;. The SMILES string of the molecule is C=O.CN.COc1cc(C)c(C/C=C(\NN)c2nc3ccccc3[nH]2)c(C)c1. The summed E-state index contributed by atoms with van der Waals surface area (Å²) >= 11 is 0. The Morgan fingerprint density at radius 3 is 2.36 bits per heavy atom. The van der Waals surface area contributed by atoms with E-state index in [1.54, 1.807) is 7.11 Å². The summed E-state index contributed by atoms with van der Waals surface area (Å²) in [7, 11) is 3.19. The summed E-state index contributed by atoms with van der Waals surface area (Å²) in [6.07, 6.45) is 2.82. The number of carbonyl (C=O) groups excluding carboxylic acids is 1. The summed E-state index contributed by atoms with van der Waals surface area (Å²) in [5.74, 6) is 7.33. The molecule has 0 spiro atoms.